The average molecular weight is 383 g/mol. The minimum absolute atomic E-state index is 0.0496. The van der Waals surface area contributed by atoms with E-state index < -0.39 is 0 Å². The SMILES string of the molecule is O=C(CC1=C(c2ccccc2)CN=C1)c1ccc2cc3n(c2c1)CCCNC3=O. The number of hydrogen-bond acceptors (Lipinski definition) is 3. The number of aryl methyl sites for hydroxylation is 1. The molecule has 0 saturated heterocycles. The minimum Gasteiger partial charge on any atom is -0.351 e. The van der Waals surface area contributed by atoms with E-state index in [1.54, 1.807) is 0 Å². The molecule has 0 spiro atoms. The van der Waals surface area contributed by atoms with Crippen molar-refractivity contribution in [3.8, 4) is 0 Å². The molecule has 2 aliphatic heterocycles. The number of rotatable bonds is 4. The van der Waals surface area contributed by atoms with Crippen LogP contribution >= 0.6 is 0 Å². The zero-order valence-corrected chi connectivity index (χ0v) is 16.0. The summed E-state index contributed by atoms with van der Waals surface area (Å²) < 4.78 is 2.03. The van der Waals surface area contributed by atoms with Gasteiger partial charge < -0.3 is 9.88 Å². The number of nitrogens with zero attached hydrogens (tertiary/aromatic N) is 2. The van der Waals surface area contributed by atoms with Gasteiger partial charge in [-0.1, -0.05) is 42.5 Å². The quantitative estimate of drug-likeness (QED) is 0.695. The van der Waals surface area contributed by atoms with Gasteiger partial charge in [-0.3, -0.25) is 14.6 Å². The van der Waals surface area contributed by atoms with E-state index in [-0.39, 0.29) is 11.7 Å². The largest absolute Gasteiger partial charge is 0.351 e. The zero-order valence-electron chi connectivity index (χ0n) is 16.0. The molecular weight excluding hydrogens is 362 g/mol. The fraction of sp³-hybridized carbons (Fsp3) is 0.208. The van der Waals surface area contributed by atoms with Crippen molar-refractivity contribution in [3.05, 3.63) is 77.0 Å². The van der Waals surface area contributed by atoms with Crippen molar-refractivity contribution in [2.75, 3.05) is 13.1 Å². The molecule has 1 N–H and O–H groups in total. The highest BCUT2D eigenvalue weighted by molar-refractivity contribution is 6.08. The molecule has 144 valence electrons. The summed E-state index contributed by atoms with van der Waals surface area (Å²) in [5.74, 6) is 0.0173. The number of aromatic nitrogens is 1. The van der Waals surface area contributed by atoms with E-state index in [9.17, 15) is 9.59 Å². The highest BCUT2D eigenvalue weighted by atomic mass is 16.2. The van der Waals surface area contributed by atoms with Crippen LogP contribution in [0.3, 0.4) is 0 Å². The molecule has 2 aliphatic rings. The average Bonchev–Trinajstić information content (AvgIpc) is 3.31. The van der Waals surface area contributed by atoms with E-state index in [0.29, 0.717) is 30.8 Å². The molecule has 5 nitrogen and oxygen atoms in total. The van der Waals surface area contributed by atoms with Gasteiger partial charge in [0.25, 0.3) is 5.91 Å². The van der Waals surface area contributed by atoms with Gasteiger partial charge in [-0.2, -0.15) is 0 Å². The summed E-state index contributed by atoms with van der Waals surface area (Å²) in [6.07, 6.45) is 3.03. The Morgan fingerprint density at radius 3 is 2.83 bits per heavy atom. The normalized spacial score (nSPS) is 16.1. The van der Waals surface area contributed by atoms with Gasteiger partial charge in [0.05, 0.1) is 6.54 Å². The number of nitrogens with one attached hydrogen (secondary N) is 1. The van der Waals surface area contributed by atoms with E-state index in [2.05, 4.69) is 22.4 Å². The molecule has 3 heterocycles. The van der Waals surface area contributed by atoms with Crippen LogP contribution in [0.15, 0.2) is 65.2 Å². The topological polar surface area (TPSA) is 63.5 Å². The van der Waals surface area contributed by atoms with E-state index in [4.69, 9.17) is 0 Å². The van der Waals surface area contributed by atoms with Gasteiger partial charge >= 0.3 is 0 Å². The van der Waals surface area contributed by atoms with Crippen LogP contribution in [0.5, 0.6) is 0 Å². The molecule has 1 amide bonds. The van der Waals surface area contributed by atoms with Crippen LogP contribution in [0.4, 0.5) is 0 Å². The summed E-state index contributed by atoms with van der Waals surface area (Å²) in [7, 11) is 0. The number of Topliss-reactive ketones (excluding diaryl/α,β-unsaturated/α-hetero) is 1. The third-order valence-corrected chi connectivity index (χ3v) is 5.66. The van der Waals surface area contributed by atoms with Gasteiger partial charge in [-0.25, -0.2) is 0 Å². The second kappa shape index (κ2) is 7.17. The summed E-state index contributed by atoms with van der Waals surface area (Å²) in [4.78, 5) is 29.7. The number of benzene rings is 2. The zero-order chi connectivity index (χ0) is 19.8. The maximum absolute atomic E-state index is 13.1. The lowest BCUT2D eigenvalue weighted by Gasteiger charge is -2.08. The Hall–Kier alpha value is -3.47. The van der Waals surface area contributed by atoms with Crippen molar-refractivity contribution < 1.29 is 9.59 Å². The standard InChI is InChI=1S/C24H21N3O2/c28-23(13-19-14-25-15-20(19)16-5-2-1-3-6-16)18-8-7-17-11-22-24(29)26-9-4-10-27(22)21(17)12-18/h1-3,5-8,11-12,14H,4,9-10,13,15H2,(H,26,29). The molecule has 5 heteroatoms. The van der Waals surface area contributed by atoms with Crippen molar-refractivity contribution in [3.63, 3.8) is 0 Å². The number of carbonyl (C=O) groups is 2. The summed E-state index contributed by atoms with van der Waals surface area (Å²) in [6, 6.07) is 17.7. The molecule has 0 fully saturated rings. The predicted octanol–water partition coefficient (Wildman–Crippen LogP) is 3.89. The Balaban J connectivity index is 1.48. The molecule has 0 bridgehead atoms. The number of carbonyl (C=O) groups excluding carboxylic acids is 2. The third kappa shape index (κ3) is 3.18. The van der Waals surface area contributed by atoms with E-state index in [0.717, 1.165) is 40.6 Å². The molecule has 29 heavy (non-hydrogen) atoms. The van der Waals surface area contributed by atoms with Crippen LogP contribution < -0.4 is 5.32 Å². The molecule has 0 atom stereocenters. The van der Waals surface area contributed by atoms with Crippen molar-refractivity contribution in [2.24, 2.45) is 4.99 Å². The fourth-order valence-corrected chi connectivity index (χ4v) is 4.16. The van der Waals surface area contributed by atoms with Gasteiger partial charge in [-0.15, -0.1) is 0 Å². The lowest BCUT2D eigenvalue weighted by Crippen LogP contribution is -2.22. The monoisotopic (exact) mass is 383 g/mol. The van der Waals surface area contributed by atoms with Crippen molar-refractivity contribution in [2.45, 2.75) is 19.4 Å². The Kier molecular flexibility index (Phi) is 4.35. The van der Waals surface area contributed by atoms with Crippen LogP contribution in [0, 0.1) is 0 Å². The highest BCUT2D eigenvalue weighted by Crippen LogP contribution is 2.27. The second-order valence-electron chi connectivity index (χ2n) is 7.50. The van der Waals surface area contributed by atoms with Crippen LogP contribution in [-0.2, 0) is 6.54 Å². The van der Waals surface area contributed by atoms with Crippen molar-refractivity contribution >= 4 is 34.4 Å². The lowest BCUT2D eigenvalue weighted by molar-refractivity contribution is 0.0950. The number of ketones is 1. The van der Waals surface area contributed by atoms with Crippen LogP contribution in [0.2, 0.25) is 0 Å². The van der Waals surface area contributed by atoms with Gasteiger partial charge in [-0.05, 0) is 35.3 Å². The number of allylic oxidation sites excluding steroid dienone is 1. The first-order valence-corrected chi connectivity index (χ1v) is 9.93. The summed E-state index contributed by atoms with van der Waals surface area (Å²) in [5, 5.41) is 3.91. The van der Waals surface area contributed by atoms with Gasteiger partial charge in [0.2, 0.25) is 0 Å². The molecule has 1 aromatic heterocycles. The first kappa shape index (κ1) is 17.6. The molecule has 5 rings (SSSR count). The Morgan fingerprint density at radius 1 is 1.10 bits per heavy atom. The maximum Gasteiger partial charge on any atom is 0.267 e. The van der Waals surface area contributed by atoms with Crippen LogP contribution in [0.1, 0.15) is 39.3 Å². The smallest absolute Gasteiger partial charge is 0.267 e. The number of aliphatic imine (C=N–C) groups is 1. The maximum atomic E-state index is 13.1. The van der Waals surface area contributed by atoms with Gasteiger partial charge in [0.15, 0.2) is 5.78 Å². The van der Waals surface area contributed by atoms with E-state index in [1.165, 1.54) is 0 Å². The molecule has 0 unspecified atom stereocenters. The van der Waals surface area contributed by atoms with Crippen molar-refractivity contribution in [1.29, 1.82) is 0 Å². The molecular formula is C24H21N3O2. The summed E-state index contributed by atoms with van der Waals surface area (Å²) in [6.45, 7) is 2.06. The first-order chi connectivity index (χ1) is 14.2. The minimum atomic E-state index is -0.0496. The third-order valence-electron chi connectivity index (χ3n) is 5.66. The van der Waals surface area contributed by atoms with Crippen LogP contribution in [0.25, 0.3) is 16.5 Å². The van der Waals surface area contributed by atoms with E-state index >= 15 is 0 Å². The number of fused-ring (bicyclic) bond motifs is 3. The molecule has 2 aromatic carbocycles. The van der Waals surface area contributed by atoms with Crippen LogP contribution in [-0.4, -0.2) is 35.6 Å². The first-order valence-electron chi connectivity index (χ1n) is 9.93. The molecule has 3 aromatic rings. The predicted molar refractivity (Wildman–Crippen MR) is 115 cm³/mol. The molecule has 0 radical (unpaired) electrons. The van der Waals surface area contributed by atoms with Gasteiger partial charge in [0.1, 0.15) is 5.69 Å². The number of amides is 1. The lowest BCUT2D eigenvalue weighted by atomic mass is 9.96. The van der Waals surface area contributed by atoms with E-state index in [1.807, 2.05) is 53.2 Å². The van der Waals surface area contributed by atoms with Gasteiger partial charge in [0, 0.05) is 42.2 Å². The highest BCUT2D eigenvalue weighted by Gasteiger charge is 2.20. The Labute approximate surface area is 168 Å². The Morgan fingerprint density at radius 2 is 1.97 bits per heavy atom. The second-order valence-corrected chi connectivity index (χ2v) is 7.50. The molecule has 0 aliphatic carbocycles. The van der Waals surface area contributed by atoms with Crippen molar-refractivity contribution in [1.82, 2.24) is 9.88 Å². The Bertz CT molecular complexity index is 1190. The number of hydrogen-bond donors (Lipinski definition) is 1. The fourth-order valence-electron chi connectivity index (χ4n) is 4.16. The summed E-state index contributed by atoms with van der Waals surface area (Å²) in [5.41, 5.74) is 5.50. The summed E-state index contributed by atoms with van der Waals surface area (Å²) >= 11 is 0. The molecule has 0 saturated carbocycles.